The van der Waals surface area contributed by atoms with E-state index in [0.29, 0.717) is 18.9 Å². The molecule has 4 nitrogen and oxygen atoms in total. The number of aliphatic hydroxyl groups is 2. The van der Waals surface area contributed by atoms with Crippen LogP contribution >= 0.6 is 0 Å². The summed E-state index contributed by atoms with van der Waals surface area (Å²) in [6.45, 7) is 4.72. The van der Waals surface area contributed by atoms with Gasteiger partial charge in [-0.25, -0.2) is 4.98 Å². The van der Waals surface area contributed by atoms with Crippen molar-refractivity contribution in [1.82, 2.24) is 4.98 Å². The molecule has 0 aliphatic carbocycles. The average molecular weight is 258 g/mol. The van der Waals surface area contributed by atoms with Gasteiger partial charge >= 0.3 is 0 Å². The number of fused-ring (bicyclic) bond motifs is 1. The molecule has 0 radical (unpaired) electrons. The van der Waals surface area contributed by atoms with Crippen molar-refractivity contribution in [1.29, 1.82) is 0 Å². The molecule has 4 heteroatoms. The number of aromatic nitrogens is 1. The fourth-order valence-corrected chi connectivity index (χ4v) is 2.10. The van der Waals surface area contributed by atoms with Crippen LogP contribution in [0.2, 0.25) is 0 Å². The molecule has 2 N–H and O–H groups in total. The Morgan fingerprint density at radius 1 is 1.26 bits per heavy atom. The first kappa shape index (κ1) is 13.5. The molecule has 1 aromatic carbocycles. The maximum atomic E-state index is 9.51. The van der Waals surface area contributed by atoms with Crippen LogP contribution in [0.15, 0.2) is 43.0 Å². The number of benzene rings is 1. The highest BCUT2D eigenvalue weighted by molar-refractivity contribution is 5.81. The van der Waals surface area contributed by atoms with Crippen LogP contribution in [0.4, 0.5) is 5.82 Å². The molecule has 0 aliphatic rings. The molecule has 0 unspecified atom stereocenters. The Hall–Kier alpha value is -1.91. The van der Waals surface area contributed by atoms with Gasteiger partial charge in [0.05, 0.1) is 18.7 Å². The number of pyridine rings is 1. The van der Waals surface area contributed by atoms with Crippen molar-refractivity contribution < 1.29 is 10.2 Å². The second kappa shape index (κ2) is 6.31. The summed E-state index contributed by atoms with van der Waals surface area (Å²) >= 11 is 0. The fourth-order valence-electron chi connectivity index (χ4n) is 2.10. The lowest BCUT2D eigenvalue weighted by molar-refractivity contribution is 0.280. The Morgan fingerprint density at radius 3 is 2.74 bits per heavy atom. The lowest BCUT2D eigenvalue weighted by Gasteiger charge is -2.23. The minimum Gasteiger partial charge on any atom is -0.395 e. The van der Waals surface area contributed by atoms with E-state index in [9.17, 15) is 5.11 Å². The topological polar surface area (TPSA) is 56.6 Å². The predicted molar refractivity (Wildman–Crippen MR) is 77.2 cm³/mol. The van der Waals surface area contributed by atoms with E-state index in [1.54, 1.807) is 6.08 Å². The summed E-state index contributed by atoms with van der Waals surface area (Å²) < 4.78 is 0. The van der Waals surface area contributed by atoms with Gasteiger partial charge in [-0.1, -0.05) is 24.3 Å². The maximum absolute atomic E-state index is 9.51. The van der Waals surface area contributed by atoms with E-state index in [0.717, 1.165) is 16.5 Å². The van der Waals surface area contributed by atoms with E-state index in [-0.39, 0.29) is 13.2 Å². The van der Waals surface area contributed by atoms with Crippen molar-refractivity contribution in [2.75, 3.05) is 24.6 Å². The molecule has 0 saturated heterocycles. The highest BCUT2D eigenvalue weighted by Gasteiger charge is 2.12. The van der Waals surface area contributed by atoms with Gasteiger partial charge in [-0.05, 0) is 12.1 Å². The number of aliphatic hydroxyl groups excluding tert-OH is 2. The number of hydrogen-bond acceptors (Lipinski definition) is 4. The van der Waals surface area contributed by atoms with Gasteiger partial charge in [0.1, 0.15) is 5.82 Å². The molecule has 19 heavy (non-hydrogen) atoms. The normalized spacial score (nSPS) is 10.6. The molecule has 2 rings (SSSR count). The largest absolute Gasteiger partial charge is 0.395 e. The van der Waals surface area contributed by atoms with Crippen molar-refractivity contribution in [2.45, 2.75) is 6.61 Å². The van der Waals surface area contributed by atoms with E-state index in [1.165, 1.54) is 0 Å². The van der Waals surface area contributed by atoms with Crippen LogP contribution < -0.4 is 4.90 Å². The van der Waals surface area contributed by atoms with Gasteiger partial charge in [0, 0.05) is 24.0 Å². The van der Waals surface area contributed by atoms with Gasteiger partial charge in [-0.2, -0.15) is 0 Å². The second-order valence-corrected chi connectivity index (χ2v) is 4.28. The van der Waals surface area contributed by atoms with Gasteiger partial charge in [-0.3, -0.25) is 0 Å². The molecule has 0 atom stereocenters. The SMILES string of the molecule is C=CCN(CCO)c1nc2ccccc2cc1CO. The van der Waals surface area contributed by atoms with Crippen molar-refractivity contribution in [3.8, 4) is 0 Å². The van der Waals surface area contributed by atoms with Gasteiger partial charge in [0.2, 0.25) is 0 Å². The van der Waals surface area contributed by atoms with Gasteiger partial charge in [-0.15, -0.1) is 6.58 Å². The van der Waals surface area contributed by atoms with E-state index in [1.807, 2.05) is 35.2 Å². The molecular weight excluding hydrogens is 240 g/mol. The van der Waals surface area contributed by atoms with Crippen molar-refractivity contribution in [3.63, 3.8) is 0 Å². The first-order valence-electron chi connectivity index (χ1n) is 6.26. The predicted octanol–water partition coefficient (Wildman–Crippen LogP) is 1.71. The van der Waals surface area contributed by atoms with Crippen LogP contribution in [-0.4, -0.2) is 34.9 Å². The van der Waals surface area contributed by atoms with Crippen molar-refractivity contribution in [2.24, 2.45) is 0 Å². The van der Waals surface area contributed by atoms with Crippen LogP contribution in [0.1, 0.15) is 5.56 Å². The number of para-hydroxylation sites is 1. The summed E-state index contributed by atoms with van der Waals surface area (Å²) in [7, 11) is 0. The Labute approximate surface area is 112 Å². The maximum Gasteiger partial charge on any atom is 0.135 e. The molecule has 0 spiro atoms. The summed E-state index contributed by atoms with van der Waals surface area (Å²) in [6.07, 6.45) is 1.76. The number of rotatable bonds is 6. The Balaban J connectivity index is 2.52. The van der Waals surface area contributed by atoms with Crippen molar-refractivity contribution >= 4 is 16.7 Å². The van der Waals surface area contributed by atoms with Gasteiger partial charge in [0.25, 0.3) is 0 Å². The minimum absolute atomic E-state index is 0.0349. The summed E-state index contributed by atoms with van der Waals surface area (Å²) in [5, 5.41) is 19.6. The zero-order valence-corrected chi connectivity index (χ0v) is 10.8. The standard InChI is InChI=1S/C15H18N2O2/c1-2-7-17(8-9-18)15-13(11-19)10-12-5-3-4-6-14(12)16-15/h2-6,10,18-19H,1,7-9,11H2. The minimum atomic E-state index is -0.0771. The fraction of sp³-hybridized carbons (Fsp3) is 0.267. The number of nitrogens with zero attached hydrogens (tertiary/aromatic N) is 2. The zero-order valence-electron chi connectivity index (χ0n) is 10.8. The first-order chi connectivity index (χ1) is 9.30. The van der Waals surface area contributed by atoms with Gasteiger partial charge in [0.15, 0.2) is 0 Å². The Morgan fingerprint density at radius 2 is 2.05 bits per heavy atom. The van der Waals surface area contributed by atoms with Crippen molar-refractivity contribution in [3.05, 3.63) is 48.6 Å². The molecule has 0 amide bonds. The first-order valence-corrected chi connectivity index (χ1v) is 6.26. The molecule has 2 aromatic rings. The van der Waals surface area contributed by atoms with Crippen LogP contribution in [0.3, 0.4) is 0 Å². The smallest absolute Gasteiger partial charge is 0.135 e. The Kier molecular flexibility index (Phi) is 4.49. The summed E-state index contributed by atoms with van der Waals surface area (Å²) in [4.78, 5) is 6.50. The molecule has 1 heterocycles. The van der Waals surface area contributed by atoms with Crippen LogP contribution in [0.5, 0.6) is 0 Å². The number of anilines is 1. The third kappa shape index (κ3) is 2.92. The lowest BCUT2D eigenvalue weighted by Crippen LogP contribution is -2.28. The highest BCUT2D eigenvalue weighted by Crippen LogP contribution is 2.23. The second-order valence-electron chi connectivity index (χ2n) is 4.28. The van der Waals surface area contributed by atoms with E-state index in [2.05, 4.69) is 11.6 Å². The van der Waals surface area contributed by atoms with Crippen LogP contribution in [0.25, 0.3) is 10.9 Å². The van der Waals surface area contributed by atoms with E-state index in [4.69, 9.17) is 5.11 Å². The monoisotopic (exact) mass is 258 g/mol. The van der Waals surface area contributed by atoms with Crippen LogP contribution in [-0.2, 0) is 6.61 Å². The van der Waals surface area contributed by atoms with Gasteiger partial charge < -0.3 is 15.1 Å². The molecule has 0 aliphatic heterocycles. The molecule has 0 bridgehead atoms. The molecule has 0 saturated carbocycles. The molecule has 0 fully saturated rings. The summed E-state index contributed by atoms with van der Waals surface area (Å²) in [5.74, 6) is 0.704. The number of hydrogen-bond donors (Lipinski definition) is 2. The quantitative estimate of drug-likeness (QED) is 0.775. The molecular formula is C15H18N2O2. The summed E-state index contributed by atoms with van der Waals surface area (Å²) in [6, 6.07) is 9.72. The third-order valence-electron chi connectivity index (χ3n) is 2.97. The molecule has 100 valence electrons. The third-order valence-corrected chi connectivity index (χ3v) is 2.97. The highest BCUT2D eigenvalue weighted by atomic mass is 16.3. The van der Waals surface area contributed by atoms with E-state index < -0.39 is 0 Å². The Bertz CT molecular complexity index is 569. The zero-order chi connectivity index (χ0) is 13.7. The average Bonchev–Trinajstić information content (AvgIpc) is 2.45. The van der Waals surface area contributed by atoms with Crippen LogP contribution in [0, 0.1) is 0 Å². The lowest BCUT2D eigenvalue weighted by atomic mass is 10.1. The van der Waals surface area contributed by atoms with E-state index >= 15 is 0 Å². The summed E-state index contributed by atoms with van der Waals surface area (Å²) in [5.41, 5.74) is 1.63. The molecule has 1 aromatic heterocycles.